The summed E-state index contributed by atoms with van der Waals surface area (Å²) in [5.41, 5.74) is 1.61. The zero-order valence-corrected chi connectivity index (χ0v) is 15.1. The topological polar surface area (TPSA) is 108 Å². The number of anilines is 1. The van der Waals surface area contributed by atoms with E-state index in [1.807, 2.05) is 30.3 Å². The van der Waals surface area contributed by atoms with Crippen LogP contribution >= 0.6 is 0 Å². The molecule has 0 aliphatic heterocycles. The van der Waals surface area contributed by atoms with E-state index < -0.39 is 17.9 Å². The van der Waals surface area contributed by atoms with E-state index in [1.54, 1.807) is 24.3 Å². The summed E-state index contributed by atoms with van der Waals surface area (Å²) in [7, 11) is 0. The number of amides is 3. The number of rotatable bonds is 7. The van der Waals surface area contributed by atoms with Gasteiger partial charge in [0.25, 0.3) is 5.91 Å². The predicted octanol–water partition coefficient (Wildman–Crippen LogP) is 1.09. The van der Waals surface area contributed by atoms with Crippen molar-refractivity contribution in [3.8, 4) is 0 Å². The summed E-state index contributed by atoms with van der Waals surface area (Å²) in [6, 6.07) is 16.2. The average Bonchev–Trinajstić information content (AvgIpc) is 2.67. The minimum atomic E-state index is -0.903. The molecule has 7 nitrogen and oxygen atoms in total. The van der Waals surface area contributed by atoms with Crippen molar-refractivity contribution >= 4 is 23.4 Å². The van der Waals surface area contributed by atoms with Crippen molar-refractivity contribution in [1.82, 2.24) is 10.6 Å². The van der Waals surface area contributed by atoms with Crippen molar-refractivity contribution in [2.24, 2.45) is 0 Å². The van der Waals surface area contributed by atoms with Crippen molar-refractivity contribution in [3.63, 3.8) is 0 Å². The molecule has 3 amide bonds. The highest BCUT2D eigenvalue weighted by Crippen LogP contribution is 2.15. The van der Waals surface area contributed by atoms with Gasteiger partial charge in [-0.25, -0.2) is 0 Å². The minimum absolute atomic E-state index is 0.0339. The number of aliphatic hydroxyl groups is 1. The normalized spacial score (nSPS) is 11.3. The van der Waals surface area contributed by atoms with Crippen LogP contribution in [0.1, 0.15) is 22.8 Å². The van der Waals surface area contributed by atoms with Gasteiger partial charge in [-0.15, -0.1) is 0 Å². The summed E-state index contributed by atoms with van der Waals surface area (Å²) >= 11 is 0. The second-order valence-corrected chi connectivity index (χ2v) is 6.05. The lowest BCUT2D eigenvalue weighted by atomic mass is 10.1. The maximum absolute atomic E-state index is 12.4. The minimum Gasteiger partial charge on any atom is -0.392 e. The number of hydrogen-bond donors (Lipinski definition) is 4. The zero-order chi connectivity index (χ0) is 19.6. The Morgan fingerprint density at radius 2 is 1.59 bits per heavy atom. The number of aliphatic hydroxyl groups excluding tert-OH is 1. The Labute approximate surface area is 157 Å². The van der Waals surface area contributed by atoms with Crippen molar-refractivity contribution < 1.29 is 19.5 Å². The molecule has 1 unspecified atom stereocenters. The van der Waals surface area contributed by atoms with Gasteiger partial charge >= 0.3 is 11.8 Å². The quantitative estimate of drug-likeness (QED) is 0.548. The molecule has 0 saturated heterocycles. The molecule has 2 aromatic rings. The molecule has 0 aromatic heterocycles. The monoisotopic (exact) mass is 369 g/mol. The van der Waals surface area contributed by atoms with Gasteiger partial charge in [0, 0.05) is 13.1 Å². The Morgan fingerprint density at radius 1 is 0.926 bits per heavy atom. The smallest absolute Gasteiger partial charge is 0.313 e. The molecular formula is C20H23N3O4. The van der Waals surface area contributed by atoms with E-state index in [-0.39, 0.29) is 23.7 Å². The fraction of sp³-hybridized carbons (Fsp3) is 0.250. The van der Waals surface area contributed by atoms with Crippen LogP contribution in [0.2, 0.25) is 0 Å². The van der Waals surface area contributed by atoms with E-state index >= 15 is 0 Å². The van der Waals surface area contributed by atoms with Crippen molar-refractivity contribution in [2.45, 2.75) is 19.4 Å². The van der Waals surface area contributed by atoms with Crippen LogP contribution in [0, 0.1) is 0 Å². The summed E-state index contributed by atoms with van der Waals surface area (Å²) in [6.07, 6.45) is -0.0764. The highest BCUT2D eigenvalue weighted by atomic mass is 16.3. The Morgan fingerprint density at radius 3 is 2.30 bits per heavy atom. The Balaban J connectivity index is 1.94. The van der Waals surface area contributed by atoms with Crippen LogP contribution in [0.15, 0.2) is 54.6 Å². The highest BCUT2D eigenvalue weighted by molar-refractivity contribution is 6.40. The third-order valence-electron chi connectivity index (χ3n) is 3.73. The molecule has 0 fully saturated rings. The van der Waals surface area contributed by atoms with Crippen molar-refractivity contribution in [3.05, 3.63) is 65.7 Å². The fourth-order valence-electron chi connectivity index (χ4n) is 2.35. The van der Waals surface area contributed by atoms with Crippen LogP contribution in [0.4, 0.5) is 5.69 Å². The first-order valence-corrected chi connectivity index (χ1v) is 8.65. The number of nitrogens with one attached hydrogen (secondary N) is 3. The van der Waals surface area contributed by atoms with E-state index in [1.165, 1.54) is 6.92 Å². The number of carbonyl (C=O) groups excluding carboxylic acids is 3. The van der Waals surface area contributed by atoms with Crippen LogP contribution in [-0.2, 0) is 16.0 Å². The van der Waals surface area contributed by atoms with Gasteiger partial charge in [0.05, 0.1) is 17.4 Å². The molecule has 7 heteroatoms. The maximum Gasteiger partial charge on any atom is 0.313 e. The Kier molecular flexibility index (Phi) is 7.51. The third kappa shape index (κ3) is 6.56. The van der Waals surface area contributed by atoms with Crippen LogP contribution in [0.3, 0.4) is 0 Å². The zero-order valence-electron chi connectivity index (χ0n) is 15.1. The summed E-state index contributed by atoms with van der Waals surface area (Å²) in [5, 5.41) is 16.7. The first-order valence-electron chi connectivity index (χ1n) is 8.65. The van der Waals surface area contributed by atoms with Crippen LogP contribution in [-0.4, -0.2) is 42.0 Å². The van der Waals surface area contributed by atoms with Crippen LogP contribution in [0.25, 0.3) is 0 Å². The van der Waals surface area contributed by atoms with Gasteiger partial charge in [-0.2, -0.15) is 0 Å². The molecule has 0 aliphatic carbocycles. The molecule has 2 aromatic carbocycles. The van der Waals surface area contributed by atoms with E-state index in [0.717, 1.165) is 5.56 Å². The summed E-state index contributed by atoms with van der Waals surface area (Å²) in [4.78, 5) is 36.1. The van der Waals surface area contributed by atoms with E-state index in [9.17, 15) is 14.4 Å². The summed E-state index contributed by atoms with van der Waals surface area (Å²) < 4.78 is 0. The number of benzene rings is 2. The van der Waals surface area contributed by atoms with Gasteiger partial charge in [0.2, 0.25) is 0 Å². The van der Waals surface area contributed by atoms with Crippen LogP contribution in [0.5, 0.6) is 0 Å². The first kappa shape index (κ1) is 20.1. The second-order valence-electron chi connectivity index (χ2n) is 6.05. The standard InChI is InChI=1S/C20H23N3O4/c1-14(24)13-22-19(26)20(27)23-17-10-6-5-9-16(17)18(25)21-12-11-15-7-3-2-4-8-15/h2-10,14,24H,11-13H2,1H3,(H,21,25)(H,22,26)(H,23,27). The number of carbonyl (C=O) groups is 3. The van der Waals surface area contributed by atoms with Gasteiger partial charge < -0.3 is 21.1 Å². The van der Waals surface area contributed by atoms with Crippen molar-refractivity contribution in [1.29, 1.82) is 0 Å². The first-order chi connectivity index (χ1) is 13.0. The molecule has 27 heavy (non-hydrogen) atoms. The molecule has 0 saturated carbocycles. The summed E-state index contributed by atoms with van der Waals surface area (Å²) in [5.74, 6) is -2.12. The molecule has 0 heterocycles. The molecule has 1 atom stereocenters. The van der Waals surface area contributed by atoms with Gasteiger partial charge in [-0.1, -0.05) is 42.5 Å². The predicted molar refractivity (Wildman–Crippen MR) is 102 cm³/mol. The summed E-state index contributed by atoms with van der Waals surface area (Å²) in [6.45, 7) is 1.90. The molecular weight excluding hydrogens is 346 g/mol. The lowest BCUT2D eigenvalue weighted by Crippen LogP contribution is -2.39. The van der Waals surface area contributed by atoms with Crippen LogP contribution < -0.4 is 16.0 Å². The van der Waals surface area contributed by atoms with Crippen molar-refractivity contribution in [2.75, 3.05) is 18.4 Å². The van der Waals surface area contributed by atoms with E-state index in [2.05, 4.69) is 16.0 Å². The largest absolute Gasteiger partial charge is 0.392 e. The molecule has 0 aliphatic rings. The molecule has 142 valence electrons. The second kappa shape index (κ2) is 10.1. The van der Waals surface area contributed by atoms with E-state index in [0.29, 0.717) is 13.0 Å². The van der Waals surface area contributed by atoms with Gasteiger partial charge in [-0.05, 0) is 31.0 Å². The maximum atomic E-state index is 12.4. The lowest BCUT2D eigenvalue weighted by molar-refractivity contribution is -0.136. The number of hydrogen-bond acceptors (Lipinski definition) is 4. The van der Waals surface area contributed by atoms with Gasteiger partial charge in [0.15, 0.2) is 0 Å². The lowest BCUT2D eigenvalue weighted by Gasteiger charge is -2.12. The fourth-order valence-corrected chi connectivity index (χ4v) is 2.35. The molecule has 0 spiro atoms. The third-order valence-corrected chi connectivity index (χ3v) is 3.73. The van der Waals surface area contributed by atoms with E-state index in [4.69, 9.17) is 5.11 Å². The molecule has 2 rings (SSSR count). The molecule has 0 bridgehead atoms. The molecule has 0 radical (unpaired) electrons. The van der Waals surface area contributed by atoms with Gasteiger partial charge in [-0.3, -0.25) is 14.4 Å². The highest BCUT2D eigenvalue weighted by Gasteiger charge is 2.17. The SMILES string of the molecule is CC(O)CNC(=O)C(=O)Nc1ccccc1C(=O)NCCc1ccccc1. The Bertz CT molecular complexity index is 791. The average molecular weight is 369 g/mol. The van der Waals surface area contributed by atoms with Gasteiger partial charge in [0.1, 0.15) is 0 Å². The number of para-hydroxylation sites is 1. The molecule has 4 N–H and O–H groups in total. The Hall–Kier alpha value is -3.19.